The molecular formula is C10H18N2O. The number of hydrogen-bond acceptors (Lipinski definition) is 2. The van der Waals surface area contributed by atoms with Crippen LogP contribution in [0.1, 0.15) is 32.6 Å². The Morgan fingerprint density at radius 3 is 3.00 bits per heavy atom. The summed E-state index contributed by atoms with van der Waals surface area (Å²) in [5.41, 5.74) is 0.296. The van der Waals surface area contributed by atoms with Gasteiger partial charge in [0.05, 0.1) is 0 Å². The molecule has 13 heavy (non-hydrogen) atoms. The van der Waals surface area contributed by atoms with Crippen molar-refractivity contribution in [3.63, 3.8) is 0 Å². The zero-order valence-electron chi connectivity index (χ0n) is 8.31. The van der Waals surface area contributed by atoms with Gasteiger partial charge in [0.1, 0.15) is 0 Å². The van der Waals surface area contributed by atoms with Crippen molar-refractivity contribution in [3.8, 4) is 0 Å². The fourth-order valence-corrected chi connectivity index (χ4v) is 2.53. The molecule has 74 valence electrons. The number of likely N-dealkylation sites (tertiary alicyclic amines) is 1. The van der Waals surface area contributed by atoms with Crippen LogP contribution in [0.5, 0.6) is 0 Å². The van der Waals surface area contributed by atoms with Crippen LogP contribution in [0.15, 0.2) is 0 Å². The molecule has 0 bridgehead atoms. The first-order valence-electron chi connectivity index (χ1n) is 5.29. The predicted molar refractivity (Wildman–Crippen MR) is 51.5 cm³/mol. The summed E-state index contributed by atoms with van der Waals surface area (Å²) in [5, 5.41) is 3.55. The Balaban J connectivity index is 1.96. The molecular weight excluding hydrogens is 164 g/mol. The molecule has 2 aliphatic rings. The lowest BCUT2D eigenvalue weighted by Gasteiger charge is -2.24. The fourth-order valence-electron chi connectivity index (χ4n) is 2.53. The van der Waals surface area contributed by atoms with Gasteiger partial charge in [-0.1, -0.05) is 6.92 Å². The lowest BCUT2D eigenvalue weighted by molar-refractivity contribution is -0.130. The Morgan fingerprint density at radius 2 is 2.38 bits per heavy atom. The summed E-state index contributed by atoms with van der Waals surface area (Å²) >= 11 is 0. The van der Waals surface area contributed by atoms with Crippen molar-refractivity contribution in [2.24, 2.45) is 0 Å². The zero-order valence-corrected chi connectivity index (χ0v) is 8.31. The highest BCUT2D eigenvalue weighted by Crippen LogP contribution is 2.29. The number of nitrogens with zero attached hydrogens (tertiary/aromatic N) is 1. The number of amides is 1. The van der Waals surface area contributed by atoms with E-state index in [1.54, 1.807) is 0 Å². The van der Waals surface area contributed by atoms with Gasteiger partial charge in [-0.15, -0.1) is 0 Å². The minimum Gasteiger partial charge on any atom is -0.341 e. The smallest absolute Gasteiger partial charge is 0.222 e. The second kappa shape index (κ2) is 3.29. The molecule has 1 atom stereocenters. The van der Waals surface area contributed by atoms with Gasteiger partial charge in [0.15, 0.2) is 0 Å². The third-order valence-corrected chi connectivity index (χ3v) is 3.34. The molecule has 2 heterocycles. The average molecular weight is 182 g/mol. The molecule has 1 spiro atoms. The van der Waals surface area contributed by atoms with E-state index in [1.165, 1.54) is 12.8 Å². The highest BCUT2D eigenvalue weighted by Gasteiger charge is 2.40. The number of hydrogen-bond donors (Lipinski definition) is 1. The topological polar surface area (TPSA) is 32.3 Å². The molecule has 2 aliphatic heterocycles. The van der Waals surface area contributed by atoms with E-state index in [0.29, 0.717) is 17.9 Å². The van der Waals surface area contributed by atoms with Gasteiger partial charge in [0.25, 0.3) is 0 Å². The summed E-state index contributed by atoms with van der Waals surface area (Å²) in [5.74, 6) is 0.311. The summed E-state index contributed by atoms with van der Waals surface area (Å²) in [6.07, 6.45) is 4.32. The van der Waals surface area contributed by atoms with E-state index in [-0.39, 0.29) is 0 Å². The Hall–Kier alpha value is -0.570. The van der Waals surface area contributed by atoms with Gasteiger partial charge in [0.2, 0.25) is 5.91 Å². The first-order valence-corrected chi connectivity index (χ1v) is 5.29. The molecule has 0 aliphatic carbocycles. The van der Waals surface area contributed by atoms with E-state index in [0.717, 1.165) is 26.1 Å². The SMILES string of the molecule is CCC(=O)N1CCC2(CCCN2)C1. The van der Waals surface area contributed by atoms with Gasteiger partial charge >= 0.3 is 0 Å². The minimum atomic E-state index is 0.296. The quantitative estimate of drug-likeness (QED) is 0.649. The van der Waals surface area contributed by atoms with Gasteiger partial charge in [-0.05, 0) is 25.8 Å². The molecule has 2 fully saturated rings. The van der Waals surface area contributed by atoms with Crippen molar-refractivity contribution in [2.75, 3.05) is 19.6 Å². The Kier molecular flexibility index (Phi) is 2.28. The molecule has 0 saturated carbocycles. The van der Waals surface area contributed by atoms with Crippen LogP contribution in [0, 0.1) is 0 Å². The predicted octanol–water partition coefficient (Wildman–Crippen LogP) is 0.751. The van der Waals surface area contributed by atoms with E-state index in [9.17, 15) is 4.79 Å². The molecule has 3 nitrogen and oxygen atoms in total. The number of rotatable bonds is 1. The van der Waals surface area contributed by atoms with Crippen LogP contribution in [0.3, 0.4) is 0 Å². The van der Waals surface area contributed by atoms with Gasteiger partial charge in [-0.2, -0.15) is 0 Å². The first kappa shape index (κ1) is 9.00. The van der Waals surface area contributed by atoms with E-state index >= 15 is 0 Å². The molecule has 2 rings (SSSR count). The Morgan fingerprint density at radius 1 is 1.54 bits per heavy atom. The van der Waals surface area contributed by atoms with Crippen LogP contribution in [0.4, 0.5) is 0 Å². The maximum Gasteiger partial charge on any atom is 0.222 e. The molecule has 0 aromatic heterocycles. The highest BCUT2D eigenvalue weighted by molar-refractivity contribution is 5.76. The monoisotopic (exact) mass is 182 g/mol. The first-order chi connectivity index (χ1) is 6.26. The van der Waals surface area contributed by atoms with Crippen molar-refractivity contribution in [1.82, 2.24) is 10.2 Å². The zero-order chi connectivity index (χ0) is 9.31. The second-order valence-corrected chi connectivity index (χ2v) is 4.23. The number of carbonyl (C=O) groups excluding carboxylic acids is 1. The van der Waals surface area contributed by atoms with Crippen LogP contribution >= 0.6 is 0 Å². The van der Waals surface area contributed by atoms with Crippen molar-refractivity contribution in [2.45, 2.75) is 38.1 Å². The van der Waals surface area contributed by atoms with Gasteiger partial charge in [-0.3, -0.25) is 4.79 Å². The molecule has 3 heteroatoms. The van der Waals surface area contributed by atoms with Crippen molar-refractivity contribution >= 4 is 5.91 Å². The molecule has 2 saturated heterocycles. The van der Waals surface area contributed by atoms with Crippen molar-refractivity contribution < 1.29 is 4.79 Å². The van der Waals surface area contributed by atoms with E-state index in [4.69, 9.17) is 0 Å². The Bertz CT molecular complexity index is 209. The maximum atomic E-state index is 11.5. The molecule has 0 aromatic carbocycles. The maximum absolute atomic E-state index is 11.5. The second-order valence-electron chi connectivity index (χ2n) is 4.23. The van der Waals surface area contributed by atoms with E-state index in [2.05, 4.69) is 5.32 Å². The summed E-state index contributed by atoms with van der Waals surface area (Å²) in [6.45, 7) is 4.98. The van der Waals surface area contributed by atoms with Crippen molar-refractivity contribution in [3.05, 3.63) is 0 Å². The lowest BCUT2D eigenvalue weighted by atomic mass is 9.97. The van der Waals surface area contributed by atoms with Crippen LogP contribution in [-0.2, 0) is 4.79 Å². The normalized spacial score (nSPS) is 33.2. The van der Waals surface area contributed by atoms with Gasteiger partial charge in [-0.25, -0.2) is 0 Å². The van der Waals surface area contributed by atoms with Crippen LogP contribution in [-0.4, -0.2) is 36.0 Å². The molecule has 0 radical (unpaired) electrons. The lowest BCUT2D eigenvalue weighted by Crippen LogP contribution is -2.43. The summed E-state index contributed by atoms with van der Waals surface area (Å²) < 4.78 is 0. The largest absolute Gasteiger partial charge is 0.341 e. The average Bonchev–Trinajstić information content (AvgIpc) is 2.76. The molecule has 1 N–H and O–H groups in total. The number of nitrogens with one attached hydrogen (secondary N) is 1. The van der Waals surface area contributed by atoms with Crippen molar-refractivity contribution in [1.29, 1.82) is 0 Å². The van der Waals surface area contributed by atoms with Gasteiger partial charge < -0.3 is 10.2 Å². The van der Waals surface area contributed by atoms with Gasteiger partial charge in [0, 0.05) is 25.0 Å². The fraction of sp³-hybridized carbons (Fsp3) is 0.900. The molecule has 0 aromatic rings. The molecule has 1 unspecified atom stereocenters. The van der Waals surface area contributed by atoms with Crippen LogP contribution in [0.25, 0.3) is 0 Å². The van der Waals surface area contributed by atoms with Crippen LogP contribution in [0.2, 0.25) is 0 Å². The van der Waals surface area contributed by atoms with E-state index < -0.39 is 0 Å². The Labute approximate surface area is 79.5 Å². The summed E-state index contributed by atoms with van der Waals surface area (Å²) in [6, 6.07) is 0. The third kappa shape index (κ3) is 1.57. The number of carbonyl (C=O) groups is 1. The minimum absolute atomic E-state index is 0.296. The summed E-state index contributed by atoms with van der Waals surface area (Å²) in [7, 11) is 0. The summed E-state index contributed by atoms with van der Waals surface area (Å²) in [4.78, 5) is 13.5. The highest BCUT2D eigenvalue weighted by atomic mass is 16.2. The molecule has 1 amide bonds. The van der Waals surface area contributed by atoms with E-state index in [1.807, 2.05) is 11.8 Å². The third-order valence-electron chi connectivity index (χ3n) is 3.34. The standard InChI is InChI=1S/C10H18N2O/c1-2-9(13)12-7-5-10(8-12)4-3-6-11-10/h11H,2-8H2,1H3. The van der Waals surface area contributed by atoms with Crippen LogP contribution < -0.4 is 5.32 Å².